The van der Waals surface area contributed by atoms with Gasteiger partial charge in [-0.1, -0.05) is 12.8 Å². The lowest BCUT2D eigenvalue weighted by Gasteiger charge is -2.28. The molecule has 4 N–H and O–H groups in total. The van der Waals surface area contributed by atoms with Crippen LogP contribution in [0, 0.1) is 11.8 Å². The second kappa shape index (κ2) is 5.70. The van der Waals surface area contributed by atoms with E-state index < -0.39 is 5.97 Å². The third-order valence-electron chi connectivity index (χ3n) is 2.97. The number of carboxylic acids is 1. The van der Waals surface area contributed by atoms with Crippen LogP contribution in [-0.4, -0.2) is 30.1 Å². The summed E-state index contributed by atoms with van der Waals surface area (Å²) in [6.45, 7) is 0.400. The van der Waals surface area contributed by atoms with Crippen molar-refractivity contribution in [3.63, 3.8) is 0 Å². The molecule has 0 saturated heterocycles. The Bertz CT molecular complexity index is 243. The number of nitrogens with one attached hydrogen (secondary N) is 1. The predicted molar refractivity (Wildman–Crippen MR) is 55.1 cm³/mol. The molecule has 0 aliphatic heterocycles. The Hall–Kier alpha value is -1.10. The van der Waals surface area contributed by atoms with E-state index in [-0.39, 0.29) is 24.3 Å². The van der Waals surface area contributed by atoms with E-state index in [1.165, 1.54) is 0 Å². The van der Waals surface area contributed by atoms with E-state index in [0.717, 1.165) is 25.7 Å². The number of hydrogen-bond acceptors (Lipinski definition) is 3. The maximum atomic E-state index is 10.9. The molecule has 0 aromatic heterocycles. The minimum Gasteiger partial charge on any atom is -0.481 e. The average molecular weight is 214 g/mol. The van der Waals surface area contributed by atoms with Gasteiger partial charge in [-0.3, -0.25) is 9.59 Å². The van der Waals surface area contributed by atoms with Gasteiger partial charge in [0.15, 0.2) is 0 Å². The third kappa shape index (κ3) is 3.51. The van der Waals surface area contributed by atoms with Crippen LogP contribution in [0.4, 0.5) is 0 Å². The Morgan fingerprint density at radius 2 is 2.00 bits per heavy atom. The number of carbonyl (C=O) groups is 2. The molecule has 1 aliphatic carbocycles. The molecule has 1 rings (SSSR count). The van der Waals surface area contributed by atoms with E-state index in [1.807, 2.05) is 0 Å². The first-order chi connectivity index (χ1) is 7.15. The topological polar surface area (TPSA) is 92.4 Å². The normalized spacial score (nSPS) is 25.9. The first-order valence-corrected chi connectivity index (χ1v) is 5.34. The van der Waals surface area contributed by atoms with Gasteiger partial charge in [-0.25, -0.2) is 0 Å². The van der Waals surface area contributed by atoms with Crippen LogP contribution in [-0.2, 0) is 9.59 Å². The first-order valence-electron chi connectivity index (χ1n) is 5.34. The van der Waals surface area contributed by atoms with Gasteiger partial charge in [0.2, 0.25) is 5.91 Å². The summed E-state index contributed by atoms with van der Waals surface area (Å²) in [6, 6.07) is 0. The van der Waals surface area contributed by atoms with Gasteiger partial charge >= 0.3 is 5.97 Å². The van der Waals surface area contributed by atoms with Crippen molar-refractivity contribution in [2.45, 2.75) is 25.7 Å². The molecule has 1 amide bonds. The van der Waals surface area contributed by atoms with Gasteiger partial charge in [0.25, 0.3) is 0 Å². The highest BCUT2D eigenvalue weighted by atomic mass is 16.4. The van der Waals surface area contributed by atoms with Crippen LogP contribution in [0.3, 0.4) is 0 Å². The number of carboxylic acid groups (broad SMARTS) is 1. The van der Waals surface area contributed by atoms with Crippen LogP contribution < -0.4 is 11.1 Å². The third-order valence-corrected chi connectivity index (χ3v) is 2.97. The van der Waals surface area contributed by atoms with Gasteiger partial charge in [0.05, 0.1) is 12.5 Å². The highest BCUT2D eigenvalue weighted by molar-refractivity contribution is 5.77. The molecule has 0 spiro atoms. The van der Waals surface area contributed by atoms with Crippen LogP contribution in [0.5, 0.6) is 0 Å². The molecule has 1 aliphatic rings. The number of carbonyl (C=O) groups excluding carboxylic acids is 1. The van der Waals surface area contributed by atoms with Crippen LogP contribution in [0.15, 0.2) is 0 Å². The number of aliphatic carboxylic acids is 1. The average Bonchev–Trinajstić information content (AvgIpc) is 2.26. The lowest BCUT2D eigenvalue weighted by Crippen LogP contribution is -2.39. The smallest absolute Gasteiger partial charge is 0.306 e. The lowest BCUT2D eigenvalue weighted by molar-refractivity contribution is -0.145. The van der Waals surface area contributed by atoms with E-state index in [2.05, 4.69) is 5.32 Å². The van der Waals surface area contributed by atoms with Crippen molar-refractivity contribution in [3.05, 3.63) is 0 Å². The summed E-state index contributed by atoms with van der Waals surface area (Å²) in [5.41, 5.74) is 5.15. The van der Waals surface area contributed by atoms with E-state index in [1.54, 1.807) is 0 Å². The maximum Gasteiger partial charge on any atom is 0.306 e. The standard InChI is InChI=1S/C10H18N2O3/c11-5-9(13)12-6-7-3-1-2-4-8(7)10(14)15/h7-8H,1-6,11H2,(H,12,13)(H,14,15)/t7-,8-/m0/s1. The molecule has 15 heavy (non-hydrogen) atoms. The van der Waals surface area contributed by atoms with Gasteiger partial charge in [0, 0.05) is 6.54 Å². The molecular formula is C10H18N2O3. The fourth-order valence-corrected chi connectivity index (χ4v) is 2.09. The van der Waals surface area contributed by atoms with Crippen molar-refractivity contribution in [2.75, 3.05) is 13.1 Å². The van der Waals surface area contributed by atoms with Crippen LogP contribution in [0.1, 0.15) is 25.7 Å². The maximum absolute atomic E-state index is 10.9. The second-order valence-corrected chi connectivity index (χ2v) is 4.00. The summed E-state index contributed by atoms with van der Waals surface area (Å²) in [5, 5.41) is 11.7. The number of rotatable bonds is 4. The molecule has 0 aromatic rings. The van der Waals surface area contributed by atoms with Gasteiger partial charge in [-0.2, -0.15) is 0 Å². The molecular weight excluding hydrogens is 196 g/mol. The molecule has 2 atom stereocenters. The highest BCUT2D eigenvalue weighted by Gasteiger charge is 2.30. The van der Waals surface area contributed by atoms with E-state index in [0.29, 0.717) is 6.54 Å². The molecule has 0 radical (unpaired) electrons. The zero-order valence-corrected chi connectivity index (χ0v) is 8.74. The van der Waals surface area contributed by atoms with Crippen molar-refractivity contribution >= 4 is 11.9 Å². The van der Waals surface area contributed by atoms with Crippen molar-refractivity contribution < 1.29 is 14.7 Å². The lowest BCUT2D eigenvalue weighted by atomic mass is 9.79. The van der Waals surface area contributed by atoms with Gasteiger partial charge < -0.3 is 16.2 Å². The summed E-state index contributed by atoms with van der Waals surface area (Å²) in [7, 11) is 0. The Morgan fingerprint density at radius 3 is 2.60 bits per heavy atom. The van der Waals surface area contributed by atoms with Gasteiger partial charge in [0.1, 0.15) is 0 Å². The molecule has 5 heteroatoms. The zero-order valence-electron chi connectivity index (χ0n) is 8.74. The van der Waals surface area contributed by atoms with Crippen molar-refractivity contribution in [3.8, 4) is 0 Å². The number of hydrogen-bond donors (Lipinski definition) is 3. The monoisotopic (exact) mass is 214 g/mol. The van der Waals surface area contributed by atoms with Gasteiger partial charge in [-0.05, 0) is 18.8 Å². The molecule has 0 heterocycles. The first kappa shape index (κ1) is 12.0. The minimum absolute atomic E-state index is 0.0372. The van der Waals surface area contributed by atoms with Crippen LogP contribution in [0.25, 0.3) is 0 Å². The summed E-state index contributed by atoms with van der Waals surface area (Å²) in [4.78, 5) is 21.9. The quantitative estimate of drug-likeness (QED) is 0.612. The summed E-state index contributed by atoms with van der Waals surface area (Å²) >= 11 is 0. The predicted octanol–water partition coefficient (Wildman–Crippen LogP) is -0.0477. The Kier molecular flexibility index (Phi) is 4.55. The Labute approximate surface area is 89.0 Å². The van der Waals surface area contributed by atoms with Crippen molar-refractivity contribution in [1.29, 1.82) is 0 Å². The number of nitrogens with two attached hydrogens (primary N) is 1. The fourth-order valence-electron chi connectivity index (χ4n) is 2.09. The molecule has 0 aromatic carbocycles. The highest BCUT2D eigenvalue weighted by Crippen LogP contribution is 2.29. The molecule has 1 fully saturated rings. The summed E-state index contributed by atoms with van der Waals surface area (Å²) in [6.07, 6.45) is 3.62. The fraction of sp³-hybridized carbons (Fsp3) is 0.800. The Morgan fingerprint density at radius 1 is 1.33 bits per heavy atom. The zero-order chi connectivity index (χ0) is 11.3. The van der Waals surface area contributed by atoms with E-state index in [4.69, 9.17) is 10.8 Å². The Balaban J connectivity index is 2.42. The summed E-state index contributed by atoms with van der Waals surface area (Å²) in [5.74, 6) is -1.21. The van der Waals surface area contributed by atoms with E-state index >= 15 is 0 Å². The number of amides is 1. The van der Waals surface area contributed by atoms with Gasteiger partial charge in [-0.15, -0.1) is 0 Å². The molecule has 0 unspecified atom stereocenters. The van der Waals surface area contributed by atoms with E-state index in [9.17, 15) is 9.59 Å². The molecule has 86 valence electrons. The molecule has 5 nitrogen and oxygen atoms in total. The van der Waals surface area contributed by atoms with Crippen molar-refractivity contribution in [2.24, 2.45) is 17.6 Å². The molecule has 0 bridgehead atoms. The van der Waals surface area contributed by atoms with Crippen LogP contribution >= 0.6 is 0 Å². The molecule has 1 saturated carbocycles. The summed E-state index contributed by atoms with van der Waals surface area (Å²) < 4.78 is 0. The van der Waals surface area contributed by atoms with Crippen LogP contribution in [0.2, 0.25) is 0 Å². The second-order valence-electron chi connectivity index (χ2n) is 4.00. The van der Waals surface area contributed by atoms with Crippen molar-refractivity contribution in [1.82, 2.24) is 5.32 Å². The largest absolute Gasteiger partial charge is 0.481 e. The minimum atomic E-state index is -0.748. The SMILES string of the molecule is NCC(=O)NC[C@@H]1CCCC[C@@H]1C(=O)O.